The molecule has 0 radical (unpaired) electrons. The Labute approximate surface area is 118 Å². The lowest BCUT2D eigenvalue weighted by molar-refractivity contribution is 0.589. The third kappa shape index (κ3) is 3.63. The van der Waals surface area contributed by atoms with E-state index < -0.39 is 11.6 Å². The Morgan fingerprint density at radius 2 is 1.84 bits per heavy atom. The number of hydrazine groups is 1. The van der Waals surface area contributed by atoms with E-state index in [2.05, 4.69) is 31.7 Å². The first-order valence-electron chi connectivity index (χ1n) is 6.06. The van der Waals surface area contributed by atoms with E-state index in [1.54, 1.807) is 0 Å². The van der Waals surface area contributed by atoms with E-state index in [-0.39, 0.29) is 17.7 Å². The predicted octanol–water partition coefficient (Wildman–Crippen LogP) is 2.90. The molecule has 19 heavy (non-hydrogen) atoms. The van der Waals surface area contributed by atoms with Gasteiger partial charge in [-0.2, -0.15) is 0 Å². The topological polar surface area (TPSA) is 62.4 Å². The molecule has 4 N–H and O–H groups in total. The SMILES string of the molecule is NNC(=NC1CCCC1)Nc1c(F)cc(Br)cc1F. The Morgan fingerprint density at radius 3 is 2.37 bits per heavy atom. The molecule has 7 heteroatoms. The number of halogens is 3. The second kappa shape index (κ2) is 6.29. The molecule has 0 heterocycles. The molecule has 1 aliphatic rings. The third-order valence-corrected chi connectivity index (χ3v) is 3.48. The van der Waals surface area contributed by atoms with Crippen molar-refractivity contribution in [1.29, 1.82) is 0 Å². The van der Waals surface area contributed by atoms with Gasteiger partial charge in [-0.3, -0.25) is 5.43 Å². The summed E-state index contributed by atoms with van der Waals surface area (Å²) in [5.74, 6) is 4.09. The molecular weight excluding hydrogens is 318 g/mol. The second-order valence-corrected chi connectivity index (χ2v) is 5.35. The average Bonchev–Trinajstić information content (AvgIpc) is 2.84. The van der Waals surface area contributed by atoms with E-state index in [0.717, 1.165) is 25.7 Å². The molecule has 0 aromatic heterocycles. The summed E-state index contributed by atoms with van der Waals surface area (Å²) in [5.41, 5.74) is 2.07. The summed E-state index contributed by atoms with van der Waals surface area (Å²) in [6, 6.07) is 2.50. The summed E-state index contributed by atoms with van der Waals surface area (Å²) in [4.78, 5) is 4.32. The van der Waals surface area contributed by atoms with Gasteiger partial charge in [0.2, 0.25) is 5.96 Å². The standard InChI is InChI=1S/C12H15BrF2N4/c13-7-5-9(14)11(10(15)6-7)18-12(19-16)17-8-3-1-2-4-8/h5-6,8H,1-4,16H2,(H2,17,18,19). The molecule has 1 fully saturated rings. The number of aliphatic imine (C=N–C) groups is 1. The number of rotatable bonds is 2. The summed E-state index contributed by atoms with van der Waals surface area (Å²) < 4.78 is 27.7. The van der Waals surface area contributed by atoms with Gasteiger partial charge in [-0.05, 0) is 25.0 Å². The third-order valence-electron chi connectivity index (χ3n) is 3.02. The highest BCUT2D eigenvalue weighted by Gasteiger charge is 2.16. The molecule has 0 amide bonds. The van der Waals surface area contributed by atoms with Crippen LogP contribution in [0.2, 0.25) is 0 Å². The lowest BCUT2D eigenvalue weighted by Crippen LogP contribution is -2.37. The zero-order chi connectivity index (χ0) is 13.8. The normalized spacial score (nSPS) is 16.7. The fraction of sp³-hybridized carbons (Fsp3) is 0.417. The van der Waals surface area contributed by atoms with E-state index in [1.165, 1.54) is 12.1 Å². The number of hydrogen-bond donors (Lipinski definition) is 3. The highest BCUT2D eigenvalue weighted by atomic mass is 79.9. The van der Waals surface area contributed by atoms with Crippen molar-refractivity contribution in [3.63, 3.8) is 0 Å². The molecule has 1 aromatic carbocycles. The molecule has 1 aromatic rings. The molecule has 104 valence electrons. The van der Waals surface area contributed by atoms with Gasteiger partial charge in [0.05, 0.1) is 6.04 Å². The highest BCUT2D eigenvalue weighted by Crippen LogP contribution is 2.24. The zero-order valence-electron chi connectivity index (χ0n) is 10.2. The number of guanidine groups is 1. The van der Waals surface area contributed by atoms with Crippen LogP contribution in [-0.2, 0) is 0 Å². The molecular formula is C12H15BrF2N4. The summed E-state index contributed by atoms with van der Waals surface area (Å²) in [6.07, 6.45) is 4.18. The summed E-state index contributed by atoms with van der Waals surface area (Å²) in [5, 5.41) is 2.56. The van der Waals surface area contributed by atoms with Crippen LogP contribution in [-0.4, -0.2) is 12.0 Å². The smallest absolute Gasteiger partial charge is 0.210 e. The average molecular weight is 333 g/mol. The van der Waals surface area contributed by atoms with Gasteiger partial charge >= 0.3 is 0 Å². The van der Waals surface area contributed by atoms with Crippen molar-refractivity contribution >= 4 is 27.6 Å². The van der Waals surface area contributed by atoms with Crippen molar-refractivity contribution in [3.05, 3.63) is 28.2 Å². The van der Waals surface area contributed by atoms with Crippen molar-refractivity contribution in [3.8, 4) is 0 Å². The molecule has 4 nitrogen and oxygen atoms in total. The zero-order valence-corrected chi connectivity index (χ0v) is 11.8. The van der Waals surface area contributed by atoms with Crippen LogP contribution in [0.3, 0.4) is 0 Å². The van der Waals surface area contributed by atoms with Crippen molar-refractivity contribution in [2.24, 2.45) is 10.8 Å². The molecule has 0 atom stereocenters. The van der Waals surface area contributed by atoms with Crippen LogP contribution in [0.5, 0.6) is 0 Å². The fourth-order valence-electron chi connectivity index (χ4n) is 2.10. The maximum atomic E-state index is 13.7. The van der Waals surface area contributed by atoms with Crippen LogP contribution in [0.25, 0.3) is 0 Å². The van der Waals surface area contributed by atoms with Gasteiger partial charge in [0.15, 0.2) is 11.6 Å². The fourth-order valence-corrected chi connectivity index (χ4v) is 2.50. The minimum absolute atomic E-state index is 0.153. The minimum atomic E-state index is -0.707. The molecule has 0 bridgehead atoms. The minimum Gasteiger partial charge on any atom is -0.320 e. The van der Waals surface area contributed by atoms with E-state index >= 15 is 0 Å². The maximum Gasteiger partial charge on any atom is 0.210 e. The van der Waals surface area contributed by atoms with E-state index in [9.17, 15) is 8.78 Å². The Hall–Kier alpha value is -1.21. The molecule has 1 aliphatic carbocycles. The van der Waals surface area contributed by atoms with Gasteiger partial charge < -0.3 is 5.32 Å². The van der Waals surface area contributed by atoms with Gasteiger partial charge in [0.1, 0.15) is 5.69 Å². The quantitative estimate of drug-likeness (QED) is 0.338. The number of nitrogens with one attached hydrogen (secondary N) is 2. The van der Waals surface area contributed by atoms with E-state index in [1.807, 2.05) is 0 Å². The Bertz CT molecular complexity index is 464. The Kier molecular flexibility index (Phi) is 4.71. The first-order valence-corrected chi connectivity index (χ1v) is 6.85. The van der Waals surface area contributed by atoms with Gasteiger partial charge in [-0.25, -0.2) is 19.6 Å². The number of hydrogen-bond acceptors (Lipinski definition) is 2. The first-order chi connectivity index (χ1) is 9.10. The van der Waals surface area contributed by atoms with Crippen LogP contribution in [0.15, 0.2) is 21.6 Å². The predicted molar refractivity (Wildman–Crippen MR) is 74.7 cm³/mol. The lowest BCUT2D eigenvalue weighted by atomic mass is 10.3. The molecule has 0 unspecified atom stereocenters. The largest absolute Gasteiger partial charge is 0.320 e. The highest BCUT2D eigenvalue weighted by molar-refractivity contribution is 9.10. The Morgan fingerprint density at radius 1 is 1.26 bits per heavy atom. The van der Waals surface area contributed by atoms with Crippen molar-refractivity contribution in [2.75, 3.05) is 5.32 Å². The maximum absolute atomic E-state index is 13.7. The number of nitrogens with zero attached hydrogens (tertiary/aromatic N) is 1. The van der Waals surface area contributed by atoms with Crippen LogP contribution in [0.4, 0.5) is 14.5 Å². The molecule has 0 aliphatic heterocycles. The number of anilines is 1. The number of nitrogens with two attached hydrogens (primary N) is 1. The van der Waals surface area contributed by atoms with Crippen LogP contribution < -0.4 is 16.6 Å². The molecule has 2 rings (SSSR count). The van der Waals surface area contributed by atoms with Crippen molar-refractivity contribution < 1.29 is 8.78 Å². The van der Waals surface area contributed by atoms with Gasteiger partial charge in [-0.1, -0.05) is 28.8 Å². The molecule has 0 saturated heterocycles. The second-order valence-electron chi connectivity index (χ2n) is 4.43. The lowest BCUT2D eigenvalue weighted by Gasteiger charge is -2.13. The van der Waals surface area contributed by atoms with E-state index in [4.69, 9.17) is 5.84 Å². The van der Waals surface area contributed by atoms with Crippen LogP contribution >= 0.6 is 15.9 Å². The van der Waals surface area contributed by atoms with Gasteiger partial charge in [0.25, 0.3) is 0 Å². The Balaban J connectivity index is 2.18. The van der Waals surface area contributed by atoms with Crippen molar-refractivity contribution in [1.82, 2.24) is 5.43 Å². The van der Waals surface area contributed by atoms with Crippen molar-refractivity contribution in [2.45, 2.75) is 31.7 Å². The van der Waals surface area contributed by atoms with Gasteiger partial charge in [-0.15, -0.1) is 0 Å². The number of benzene rings is 1. The van der Waals surface area contributed by atoms with Gasteiger partial charge in [0, 0.05) is 4.47 Å². The molecule has 0 spiro atoms. The summed E-state index contributed by atoms with van der Waals surface area (Å²) in [7, 11) is 0. The van der Waals surface area contributed by atoms with Crippen LogP contribution in [0, 0.1) is 11.6 Å². The van der Waals surface area contributed by atoms with E-state index in [0.29, 0.717) is 4.47 Å². The summed E-state index contributed by atoms with van der Waals surface area (Å²) in [6.45, 7) is 0. The monoisotopic (exact) mass is 332 g/mol. The first kappa shape index (κ1) is 14.2. The molecule has 1 saturated carbocycles. The summed E-state index contributed by atoms with van der Waals surface area (Å²) >= 11 is 3.02. The van der Waals surface area contributed by atoms with Crippen LogP contribution in [0.1, 0.15) is 25.7 Å².